The van der Waals surface area contributed by atoms with Crippen molar-refractivity contribution in [1.29, 1.82) is 0 Å². The zero-order valence-electron chi connectivity index (χ0n) is 15.4. The van der Waals surface area contributed by atoms with Crippen LogP contribution in [0, 0.1) is 0 Å². The summed E-state index contributed by atoms with van der Waals surface area (Å²) in [7, 11) is -7.24. The van der Waals surface area contributed by atoms with Crippen LogP contribution in [-0.2, 0) is 26.3 Å². The number of benzene rings is 2. The number of sulfonamides is 1. The van der Waals surface area contributed by atoms with E-state index in [-0.39, 0.29) is 15.5 Å². The van der Waals surface area contributed by atoms with E-state index in [0.29, 0.717) is 19.4 Å². The molecule has 1 saturated heterocycles. The summed E-state index contributed by atoms with van der Waals surface area (Å²) in [6, 6.07) is 14.6. The quantitative estimate of drug-likeness (QED) is 0.706. The zero-order valence-corrected chi connectivity index (χ0v) is 17.0. The van der Waals surface area contributed by atoms with Gasteiger partial charge in [-0.2, -0.15) is 4.31 Å². The highest BCUT2D eigenvalue weighted by Gasteiger charge is 2.38. The molecule has 0 amide bonds. The van der Waals surface area contributed by atoms with Crippen LogP contribution in [0.2, 0.25) is 0 Å². The van der Waals surface area contributed by atoms with E-state index >= 15 is 0 Å². The molecule has 2 aromatic rings. The lowest BCUT2D eigenvalue weighted by molar-refractivity contribution is 0.408. The normalized spacial score (nSPS) is 18.6. The van der Waals surface area contributed by atoms with Crippen molar-refractivity contribution in [3.8, 4) is 0 Å². The van der Waals surface area contributed by atoms with Crippen molar-refractivity contribution in [2.24, 2.45) is 0 Å². The molecule has 1 aliphatic rings. The number of hydrogen-bond donors (Lipinski definition) is 0. The fourth-order valence-corrected chi connectivity index (χ4v) is 6.93. The Hall–Kier alpha value is -1.70. The lowest BCUT2D eigenvalue weighted by Gasteiger charge is -2.24. The Morgan fingerprint density at radius 3 is 2.22 bits per heavy atom. The van der Waals surface area contributed by atoms with E-state index in [1.807, 2.05) is 12.1 Å². The summed E-state index contributed by atoms with van der Waals surface area (Å²) in [5.74, 6) is -0.190. The first-order valence-electron chi connectivity index (χ1n) is 9.23. The minimum atomic E-state index is -3.71. The SMILES string of the molecule is CCCc1ccc(S(=O)(=O)N2CCCC2CS(=O)(=O)c2ccccc2)cc1. The van der Waals surface area contributed by atoms with Crippen molar-refractivity contribution >= 4 is 19.9 Å². The van der Waals surface area contributed by atoms with Gasteiger partial charge >= 0.3 is 0 Å². The second-order valence-corrected chi connectivity index (χ2v) is 10.8. The molecule has 27 heavy (non-hydrogen) atoms. The molecule has 1 atom stereocenters. The fourth-order valence-electron chi connectivity index (χ4n) is 3.52. The molecule has 0 N–H and O–H groups in total. The fraction of sp³-hybridized carbons (Fsp3) is 0.400. The molecule has 0 radical (unpaired) electrons. The molecular weight excluding hydrogens is 382 g/mol. The highest BCUT2D eigenvalue weighted by Crippen LogP contribution is 2.28. The molecule has 2 aromatic carbocycles. The van der Waals surface area contributed by atoms with Crippen LogP contribution in [0.5, 0.6) is 0 Å². The average molecular weight is 408 g/mol. The van der Waals surface area contributed by atoms with E-state index in [1.54, 1.807) is 42.5 Å². The maximum Gasteiger partial charge on any atom is 0.243 e. The first-order valence-corrected chi connectivity index (χ1v) is 12.3. The lowest BCUT2D eigenvalue weighted by atomic mass is 10.1. The lowest BCUT2D eigenvalue weighted by Crippen LogP contribution is -2.39. The van der Waals surface area contributed by atoms with Gasteiger partial charge in [-0.3, -0.25) is 0 Å². The number of aryl methyl sites for hydroxylation is 1. The monoisotopic (exact) mass is 407 g/mol. The van der Waals surface area contributed by atoms with Crippen molar-refractivity contribution < 1.29 is 16.8 Å². The van der Waals surface area contributed by atoms with Gasteiger partial charge in [-0.1, -0.05) is 43.7 Å². The molecule has 0 saturated carbocycles. The van der Waals surface area contributed by atoms with Crippen LogP contribution in [0.3, 0.4) is 0 Å². The molecule has 5 nitrogen and oxygen atoms in total. The van der Waals surface area contributed by atoms with Crippen molar-refractivity contribution in [1.82, 2.24) is 4.31 Å². The van der Waals surface area contributed by atoms with Crippen molar-refractivity contribution in [2.45, 2.75) is 48.4 Å². The third-order valence-corrected chi connectivity index (χ3v) is 8.69. The Kier molecular flexibility index (Phi) is 6.03. The molecule has 1 fully saturated rings. The molecular formula is C20H25NO4S2. The summed E-state index contributed by atoms with van der Waals surface area (Å²) in [5.41, 5.74) is 1.10. The molecule has 1 aliphatic heterocycles. The van der Waals surface area contributed by atoms with Crippen molar-refractivity contribution in [3.05, 3.63) is 60.2 Å². The molecule has 1 heterocycles. The Balaban J connectivity index is 1.83. The number of hydrogen-bond acceptors (Lipinski definition) is 4. The van der Waals surface area contributed by atoms with Crippen LogP contribution >= 0.6 is 0 Å². The molecule has 1 unspecified atom stereocenters. The predicted molar refractivity (Wildman–Crippen MR) is 106 cm³/mol. The Morgan fingerprint density at radius 1 is 0.926 bits per heavy atom. The minimum Gasteiger partial charge on any atom is -0.224 e. The van der Waals surface area contributed by atoms with E-state index in [9.17, 15) is 16.8 Å². The predicted octanol–water partition coefficient (Wildman–Crippen LogP) is 3.27. The van der Waals surface area contributed by atoms with Gasteiger partial charge < -0.3 is 0 Å². The Labute approximate surface area is 162 Å². The molecule has 0 aliphatic carbocycles. The van der Waals surface area contributed by atoms with Crippen molar-refractivity contribution in [2.75, 3.05) is 12.3 Å². The van der Waals surface area contributed by atoms with Gasteiger partial charge in [0.05, 0.1) is 15.5 Å². The third-order valence-electron chi connectivity index (χ3n) is 4.91. The highest BCUT2D eigenvalue weighted by molar-refractivity contribution is 7.91. The molecule has 7 heteroatoms. The van der Waals surface area contributed by atoms with Gasteiger partial charge in [-0.25, -0.2) is 16.8 Å². The van der Waals surface area contributed by atoms with Crippen LogP contribution in [0.4, 0.5) is 0 Å². The Bertz CT molecular complexity index is 968. The van der Waals surface area contributed by atoms with Gasteiger partial charge in [0.25, 0.3) is 0 Å². The van der Waals surface area contributed by atoms with E-state index < -0.39 is 25.9 Å². The van der Waals surface area contributed by atoms with Gasteiger partial charge in [0.1, 0.15) is 0 Å². The largest absolute Gasteiger partial charge is 0.243 e. The van der Waals surface area contributed by atoms with Crippen LogP contribution in [0.1, 0.15) is 31.7 Å². The summed E-state index contributed by atoms with van der Waals surface area (Å²) < 4.78 is 52.9. The van der Waals surface area contributed by atoms with Gasteiger partial charge in [0, 0.05) is 12.6 Å². The summed E-state index contributed by atoms with van der Waals surface area (Å²) in [6.07, 6.45) is 3.13. The maximum atomic E-state index is 13.1. The molecule has 0 aromatic heterocycles. The molecule has 0 bridgehead atoms. The summed E-state index contributed by atoms with van der Waals surface area (Å²) >= 11 is 0. The van der Waals surface area contributed by atoms with Crippen LogP contribution in [0.15, 0.2) is 64.4 Å². The van der Waals surface area contributed by atoms with Crippen LogP contribution < -0.4 is 0 Å². The maximum absolute atomic E-state index is 13.1. The third kappa shape index (κ3) is 4.42. The standard InChI is InChI=1S/C20H25NO4S2/c1-2-7-17-11-13-20(14-12-17)27(24,25)21-15-6-8-18(21)16-26(22,23)19-9-4-3-5-10-19/h3-5,9-14,18H,2,6-8,15-16H2,1H3. The smallest absolute Gasteiger partial charge is 0.224 e. The van der Waals surface area contributed by atoms with Gasteiger partial charge in [0.2, 0.25) is 10.0 Å². The molecule has 146 valence electrons. The number of rotatable bonds is 7. The Morgan fingerprint density at radius 2 is 1.59 bits per heavy atom. The van der Waals surface area contributed by atoms with Gasteiger partial charge in [-0.05, 0) is 49.1 Å². The second kappa shape index (κ2) is 8.12. The first-order chi connectivity index (χ1) is 12.8. The average Bonchev–Trinajstić information content (AvgIpc) is 3.11. The summed E-state index contributed by atoms with van der Waals surface area (Å²) in [5, 5.41) is 0. The zero-order chi connectivity index (χ0) is 19.5. The van der Waals surface area contributed by atoms with Crippen molar-refractivity contribution in [3.63, 3.8) is 0 Å². The summed E-state index contributed by atoms with van der Waals surface area (Å²) in [6.45, 7) is 2.43. The number of nitrogens with zero attached hydrogens (tertiary/aromatic N) is 1. The van der Waals surface area contributed by atoms with E-state index in [2.05, 4.69) is 6.92 Å². The van der Waals surface area contributed by atoms with Crippen LogP contribution in [-0.4, -0.2) is 39.5 Å². The van der Waals surface area contributed by atoms with Gasteiger partial charge in [-0.15, -0.1) is 0 Å². The summed E-state index contributed by atoms with van der Waals surface area (Å²) in [4.78, 5) is 0.463. The first kappa shape index (κ1) is 20.0. The van der Waals surface area contributed by atoms with Gasteiger partial charge in [0.15, 0.2) is 9.84 Å². The van der Waals surface area contributed by atoms with E-state index in [1.165, 1.54) is 4.31 Å². The second-order valence-electron chi connectivity index (χ2n) is 6.90. The molecule has 3 rings (SSSR count). The minimum absolute atomic E-state index is 0.190. The van der Waals surface area contributed by atoms with E-state index in [4.69, 9.17) is 0 Å². The number of sulfone groups is 1. The van der Waals surface area contributed by atoms with Crippen LogP contribution in [0.25, 0.3) is 0 Å². The topological polar surface area (TPSA) is 71.5 Å². The molecule has 0 spiro atoms. The highest BCUT2D eigenvalue weighted by atomic mass is 32.2. The van der Waals surface area contributed by atoms with E-state index in [0.717, 1.165) is 18.4 Å².